The lowest BCUT2D eigenvalue weighted by atomic mass is 10.1. The topological polar surface area (TPSA) is 78.4 Å². The van der Waals surface area contributed by atoms with Crippen LogP contribution in [0.25, 0.3) is 0 Å². The number of carbonyl (C=O) groups is 2. The lowest BCUT2D eigenvalue weighted by Gasteiger charge is -2.19. The summed E-state index contributed by atoms with van der Waals surface area (Å²) < 4.78 is 0. The molecule has 5 nitrogen and oxygen atoms in total. The quantitative estimate of drug-likeness (QED) is 0.702. The third-order valence-corrected chi connectivity index (χ3v) is 2.79. The summed E-state index contributed by atoms with van der Waals surface area (Å²) in [5.74, 6) is -0.461. The molecule has 3 N–H and O–H groups in total. The zero-order valence-corrected chi connectivity index (χ0v) is 11.2. The van der Waals surface area contributed by atoms with Gasteiger partial charge in [0.05, 0.1) is 19.2 Å². The summed E-state index contributed by atoms with van der Waals surface area (Å²) in [6.45, 7) is 3.60. The van der Waals surface area contributed by atoms with Crippen LogP contribution in [0.15, 0.2) is 30.3 Å². The van der Waals surface area contributed by atoms with Crippen LogP contribution < -0.4 is 10.6 Å². The van der Waals surface area contributed by atoms with Gasteiger partial charge in [0.1, 0.15) is 0 Å². The lowest BCUT2D eigenvalue weighted by Crippen LogP contribution is -2.45. The van der Waals surface area contributed by atoms with Crippen LogP contribution in [0.5, 0.6) is 0 Å². The van der Waals surface area contributed by atoms with Crippen molar-refractivity contribution in [2.45, 2.75) is 19.9 Å². The maximum atomic E-state index is 11.7. The molecular formula is C14H20N2O3. The minimum absolute atomic E-state index is 0.100. The number of hydrogen-bond donors (Lipinski definition) is 3. The maximum Gasteiger partial charge on any atom is 0.251 e. The van der Waals surface area contributed by atoms with Crippen LogP contribution in [0.1, 0.15) is 24.2 Å². The molecule has 0 bridgehead atoms. The average molecular weight is 264 g/mol. The Morgan fingerprint density at radius 2 is 1.84 bits per heavy atom. The summed E-state index contributed by atoms with van der Waals surface area (Å²) in [5.41, 5.74) is 0.512. The highest BCUT2D eigenvalue weighted by molar-refractivity contribution is 5.96. The standard InChI is InChI=1S/C14H20N2O3/c1-10(2)12(9-17)16-13(18)8-15-14(19)11-6-4-3-5-7-11/h3-7,10,12,17H,8-9H2,1-2H3,(H,15,19)(H,16,18). The number of rotatable bonds is 6. The molecule has 0 aliphatic rings. The van der Waals surface area contributed by atoms with Crippen LogP contribution >= 0.6 is 0 Å². The van der Waals surface area contributed by atoms with E-state index in [9.17, 15) is 9.59 Å². The van der Waals surface area contributed by atoms with Crippen LogP contribution in [-0.2, 0) is 4.79 Å². The van der Waals surface area contributed by atoms with Crippen molar-refractivity contribution in [1.82, 2.24) is 10.6 Å². The Bertz CT molecular complexity index is 418. The van der Waals surface area contributed by atoms with E-state index in [0.717, 1.165) is 0 Å². The van der Waals surface area contributed by atoms with Gasteiger partial charge in [-0.3, -0.25) is 9.59 Å². The molecule has 0 spiro atoms. The first-order chi connectivity index (χ1) is 9.04. The van der Waals surface area contributed by atoms with E-state index in [4.69, 9.17) is 5.11 Å². The van der Waals surface area contributed by atoms with E-state index in [-0.39, 0.29) is 36.9 Å². The minimum Gasteiger partial charge on any atom is -0.394 e. The molecule has 2 amide bonds. The SMILES string of the molecule is CC(C)C(CO)NC(=O)CNC(=O)c1ccccc1. The van der Waals surface area contributed by atoms with Crippen LogP contribution in [0.4, 0.5) is 0 Å². The number of benzene rings is 1. The number of hydrogen-bond acceptors (Lipinski definition) is 3. The summed E-state index contributed by atoms with van der Waals surface area (Å²) in [6, 6.07) is 8.40. The predicted molar refractivity (Wildman–Crippen MR) is 72.6 cm³/mol. The molecule has 5 heteroatoms. The first-order valence-corrected chi connectivity index (χ1v) is 6.28. The minimum atomic E-state index is -0.308. The summed E-state index contributed by atoms with van der Waals surface area (Å²) in [6.07, 6.45) is 0. The third kappa shape index (κ3) is 5.09. The normalized spacial score (nSPS) is 12.0. The summed E-state index contributed by atoms with van der Waals surface area (Å²) in [4.78, 5) is 23.3. The predicted octanol–water partition coefficient (Wildman–Crippen LogP) is 0.549. The fraction of sp³-hybridized carbons (Fsp3) is 0.429. The monoisotopic (exact) mass is 264 g/mol. The van der Waals surface area contributed by atoms with Gasteiger partial charge in [0, 0.05) is 5.56 Å². The second-order valence-electron chi connectivity index (χ2n) is 4.65. The fourth-order valence-corrected chi connectivity index (χ4v) is 1.53. The second-order valence-corrected chi connectivity index (χ2v) is 4.65. The molecule has 19 heavy (non-hydrogen) atoms. The number of aliphatic hydroxyl groups is 1. The van der Waals surface area contributed by atoms with Gasteiger partial charge in [-0.1, -0.05) is 32.0 Å². The molecule has 0 saturated carbocycles. The number of aliphatic hydroxyl groups excluding tert-OH is 1. The Labute approximate surface area is 113 Å². The van der Waals surface area contributed by atoms with Crippen molar-refractivity contribution >= 4 is 11.8 Å². The lowest BCUT2D eigenvalue weighted by molar-refractivity contribution is -0.121. The molecule has 0 fully saturated rings. The van der Waals surface area contributed by atoms with Crippen LogP contribution in [0.3, 0.4) is 0 Å². The van der Waals surface area contributed by atoms with E-state index in [1.54, 1.807) is 24.3 Å². The van der Waals surface area contributed by atoms with Gasteiger partial charge in [-0.05, 0) is 18.1 Å². The zero-order chi connectivity index (χ0) is 14.3. The molecule has 1 atom stereocenters. The molecule has 0 saturated heterocycles. The number of nitrogens with one attached hydrogen (secondary N) is 2. The van der Waals surface area contributed by atoms with Gasteiger partial charge < -0.3 is 15.7 Å². The van der Waals surface area contributed by atoms with Crippen molar-refractivity contribution in [2.24, 2.45) is 5.92 Å². The Morgan fingerprint density at radius 3 is 2.37 bits per heavy atom. The van der Waals surface area contributed by atoms with Crippen molar-refractivity contribution < 1.29 is 14.7 Å². The van der Waals surface area contributed by atoms with E-state index in [2.05, 4.69) is 10.6 Å². The highest BCUT2D eigenvalue weighted by atomic mass is 16.3. The van der Waals surface area contributed by atoms with E-state index in [0.29, 0.717) is 5.56 Å². The maximum absolute atomic E-state index is 11.7. The summed E-state index contributed by atoms with van der Waals surface area (Å²) in [5, 5.41) is 14.3. The average Bonchev–Trinajstić information content (AvgIpc) is 2.42. The molecule has 0 aromatic heterocycles. The summed E-state index contributed by atoms with van der Waals surface area (Å²) >= 11 is 0. The molecule has 0 aliphatic carbocycles. The van der Waals surface area contributed by atoms with Gasteiger partial charge in [-0.2, -0.15) is 0 Å². The fourth-order valence-electron chi connectivity index (χ4n) is 1.53. The van der Waals surface area contributed by atoms with Crippen molar-refractivity contribution in [3.63, 3.8) is 0 Å². The Morgan fingerprint density at radius 1 is 1.21 bits per heavy atom. The molecule has 0 aliphatic heterocycles. The van der Waals surface area contributed by atoms with Gasteiger partial charge in [0.25, 0.3) is 5.91 Å². The second kappa shape index (κ2) is 7.53. The van der Waals surface area contributed by atoms with E-state index >= 15 is 0 Å². The smallest absolute Gasteiger partial charge is 0.251 e. The Balaban J connectivity index is 2.40. The zero-order valence-electron chi connectivity index (χ0n) is 11.2. The highest BCUT2D eigenvalue weighted by Crippen LogP contribution is 2.00. The largest absolute Gasteiger partial charge is 0.394 e. The molecule has 1 aromatic rings. The van der Waals surface area contributed by atoms with Crippen LogP contribution in [0, 0.1) is 5.92 Å². The number of amides is 2. The van der Waals surface area contributed by atoms with Gasteiger partial charge in [-0.15, -0.1) is 0 Å². The van der Waals surface area contributed by atoms with Crippen molar-refractivity contribution in [2.75, 3.05) is 13.2 Å². The number of carbonyl (C=O) groups excluding carboxylic acids is 2. The van der Waals surface area contributed by atoms with E-state index in [1.165, 1.54) is 0 Å². The molecule has 1 rings (SSSR count). The van der Waals surface area contributed by atoms with Crippen LogP contribution in [0.2, 0.25) is 0 Å². The Hall–Kier alpha value is -1.88. The van der Waals surface area contributed by atoms with Gasteiger partial charge in [0.15, 0.2) is 0 Å². The van der Waals surface area contributed by atoms with Gasteiger partial charge in [0.2, 0.25) is 5.91 Å². The van der Waals surface area contributed by atoms with Crippen molar-refractivity contribution in [3.8, 4) is 0 Å². The molecular weight excluding hydrogens is 244 g/mol. The molecule has 0 heterocycles. The third-order valence-electron chi connectivity index (χ3n) is 2.79. The highest BCUT2D eigenvalue weighted by Gasteiger charge is 2.15. The van der Waals surface area contributed by atoms with Crippen molar-refractivity contribution in [3.05, 3.63) is 35.9 Å². The molecule has 1 aromatic carbocycles. The molecule has 0 radical (unpaired) electrons. The van der Waals surface area contributed by atoms with Crippen LogP contribution in [-0.4, -0.2) is 36.1 Å². The first-order valence-electron chi connectivity index (χ1n) is 6.28. The van der Waals surface area contributed by atoms with Crippen molar-refractivity contribution in [1.29, 1.82) is 0 Å². The van der Waals surface area contributed by atoms with E-state index in [1.807, 2.05) is 19.9 Å². The molecule has 104 valence electrons. The van der Waals surface area contributed by atoms with E-state index < -0.39 is 0 Å². The summed E-state index contributed by atoms with van der Waals surface area (Å²) in [7, 11) is 0. The van der Waals surface area contributed by atoms with Gasteiger partial charge >= 0.3 is 0 Å². The first kappa shape index (κ1) is 15.2. The Kier molecular flexibility index (Phi) is 6.02. The molecule has 1 unspecified atom stereocenters. The van der Waals surface area contributed by atoms with Gasteiger partial charge in [-0.25, -0.2) is 0 Å².